The van der Waals surface area contributed by atoms with E-state index in [2.05, 4.69) is 18.9 Å². The Bertz CT molecular complexity index is 462. The highest BCUT2D eigenvalue weighted by molar-refractivity contribution is 5.97. The molecule has 2 N–H and O–H groups in total. The van der Waals surface area contributed by atoms with E-state index < -0.39 is 0 Å². The van der Waals surface area contributed by atoms with Gasteiger partial charge in [0.25, 0.3) is 5.91 Å². The Balaban J connectivity index is 2.20. The van der Waals surface area contributed by atoms with Crippen molar-refractivity contribution in [1.82, 2.24) is 14.7 Å². The number of hydrogen-bond donors (Lipinski definition) is 1. The molecule has 5 heteroatoms. The summed E-state index contributed by atoms with van der Waals surface area (Å²) >= 11 is 0. The molecular formula is C14H24N4O. The van der Waals surface area contributed by atoms with Crippen LogP contribution in [0.5, 0.6) is 0 Å². The third-order valence-electron chi connectivity index (χ3n) is 4.60. The number of nitrogen functional groups attached to an aromatic ring is 1. The largest absolute Gasteiger partial charge is 0.396 e. The van der Waals surface area contributed by atoms with E-state index in [9.17, 15) is 4.79 Å². The van der Waals surface area contributed by atoms with Gasteiger partial charge in [0.15, 0.2) is 0 Å². The first-order valence-electron chi connectivity index (χ1n) is 7.17. The van der Waals surface area contributed by atoms with Crippen molar-refractivity contribution >= 4 is 11.6 Å². The van der Waals surface area contributed by atoms with Crippen LogP contribution in [0.25, 0.3) is 0 Å². The zero-order chi connectivity index (χ0) is 14.0. The van der Waals surface area contributed by atoms with Gasteiger partial charge in [-0.25, -0.2) is 0 Å². The van der Waals surface area contributed by atoms with Gasteiger partial charge in [0.2, 0.25) is 0 Å². The van der Waals surface area contributed by atoms with E-state index in [1.807, 2.05) is 11.8 Å². The van der Waals surface area contributed by atoms with E-state index in [0.29, 0.717) is 23.3 Å². The third kappa shape index (κ3) is 2.33. The maximum atomic E-state index is 12.6. The zero-order valence-electron chi connectivity index (χ0n) is 12.1. The number of rotatable bonds is 4. The monoisotopic (exact) mass is 264 g/mol. The number of nitrogens with two attached hydrogens (primary N) is 1. The number of hydrogen-bond acceptors (Lipinski definition) is 3. The summed E-state index contributed by atoms with van der Waals surface area (Å²) in [5.41, 5.74) is 7.21. The molecule has 0 atom stereocenters. The number of nitrogens with zero attached hydrogens (tertiary/aromatic N) is 3. The lowest BCUT2D eigenvalue weighted by molar-refractivity contribution is 0.0758. The number of aryl methyl sites for hydroxylation is 1. The van der Waals surface area contributed by atoms with E-state index in [-0.39, 0.29) is 5.91 Å². The summed E-state index contributed by atoms with van der Waals surface area (Å²) in [6, 6.07) is 0. The van der Waals surface area contributed by atoms with Gasteiger partial charge in [0.1, 0.15) is 5.69 Å². The van der Waals surface area contributed by atoms with Gasteiger partial charge >= 0.3 is 0 Å². The first-order chi connectivity index (χ1) is 9.06. The maximum absolute atomic E-state index is 12.6. The zero-order valence-corrected chi connectivity index (χ0v) is 12.1. The molecule has 0 bridgehead atoms. The van der Waals surface area contributed by atoms with Gasteiger partial charge in [0.05, 0.1) is 11.9 Å². The van der Waals surface area contributed by atoms with Crippen molar-refractivity contribution in [2.45, 2.75) is 46.6 Å². The fourth-order valence-electron chi connectivity index (χ4n) is 2.96. The average molecular weight is 264 g/mol. The summed E-state index contributed by atoms with van der Waals surface area (Å²) in [7, 11) is 0. The smallest absolute Gasteiger partial charge is 0.274 e. The summed E-state index contributed by atoms with van der Waals surface area (Å²) in [5.74, 6) is 0.0284. The summed E-state index contributed by atoms with van der Waals surface area (Å²) in [4.78, 5) is 14.6. The van der Waals surface area contributed by atoms with Gasteiger partial charge in [0, 0.05) is 19.6 Å². The predicted octanol–water partition coefficient (Wildman–Crippen LogP) is 2.14. The summed E-state index contributed by atoms with van der Waals surface area (Å²) in [6.45, 7) is 8.72. The predicted molar refractivity (Wildman–Crippen MR) is 75.8 cm³/mol. The van der Waals surface area contributed by atoms with E-state index in [4.69, 9.17) is 5.73 Å². The van der Waals surface area contributed by atoms with Crippen molar-refractivity contribution in [1.29, 1.82) is 0 Å². The van der Waals surface area contributed by atoms with Crippen LogP contribution in [0.2, 0.25) is 0 Å². The molecule has 106 valence electrons. The summed E-state index contributed by atoms with van der Waals surface area (Å²) in [6.07, 6.45) is 4.90. The van der Waals surface area contributed by atoms with E-state index in [1.165, 1.54) is 0 Å². The van der Waals surface area contributed by atoms with Crippen LogP contribution in [0.1, 0.15) is 50.5 Å². The highest BCUT2D eigenvalue weighted by atomic mass is 16.2. The molecule has 0 aliphatic carbocycles. The van der Waals surface area contributed by atoms with Crippen LogP contribution >= 0.6 is 0 Å². The molecule has 1 aromatic rings. The SMILES string of the molecule is CCn1ncc(N)c1C(=O)N1CCC(CC)(CC)C1. The lowest BCUT2D eigenvalue weighted by Crippen LogP contribution is -2.33. The first kappa shape index (κ1) is 13.9. The molecule has 0 radical (unpaired) electrons. The van der Waals surface area contributed by atoms with Gasteiger partial charge in [-0.05, 0) is 31.6 Å². The minimum atomic E-state index is 0.0284. The molecule has 0 saturated carbocycles. The van der Waals surface area contributed by atoms with E-state index in [1.54, 1.807) is 10.9 Å². The number of anilines is 1. The molecule has 5 nitrogen and oxygen atoms in total. The molecule has 1 aromatic heterocycles. The Morgan fingerprint density at radius 3 is 2.63 bits per heavy atom. The fraction of sp³-hybridized carbons (Fsp3) is 0.714. The van der Waals surface area contributed by atoms with Crippen LogP contribution in [0.3, 0.4) is 0 Å². The van der Waals surface area contributed by atoms with Gasteiger partial charge in [-0.1, -0.05) is 13.8 Å². The highest BCUT2D eigenvalue weighted by Crippen LogP contribution is 2.37. The quantitative estimate of drug-likeness (QED) is 0.906. The Hall–Kier alpha value is -1.52. The summed E-state index contributed by atoms with van der Waals surface area (Å²) < 4.78 is 1.69. The Labute approximate surface area is 114 Å². The average Bonchev–Trinajstić information content (AvgIpc) is 3.02. The lowest BCUT2D eigenvalue weighted by Gasteiger charge is -2.26. The van der Waals surface area contributed by atoms with Crippen molar-refractivity contribution in [3.05, 3.63) is 11.9 Å². The molecule has 2 rings (SSSR count). The number of carbonyl (C=O) groups excluding carboxylic acids is 1. The highest BCUT2D eigenvalue weighted by Gasteiger charge is 2.38. The van der Waals surface area contributed by atoms with Crippen LogP contribution in [-0.4, -0.2) is 33.7 Å². The molecule has 2 heterocycles. The minimum Gasteiger partial charge on any atom is -0.396 e. The fourth-order valence-corrected chi connectivity index (χ4v) is 2.96. The number of aromatic nitrogens is 2. The van der Waals surface area contributed by atoms with Crippen LogP contribution in [0.15, 0.2) is 6.20 Å². The molecule has 19 heavy (non-hydrogen) atoms. The van der Waals surface area contributed by atoms with Gasteiger partial charge in [-0.15, -0.1) is 0 Å². The first-order valence-corrected chi connectivity index (χ1v) is 7.17. The standard InChI is InChI=1S/C14H24N4O/c1-4-14(5-2)7-8-17(10-14)13(19)12-11(15)9-16-18(12)6-3/h9H,4-8,10,15H2,1-3H3. The molecule has 0 spiro atoms. The van der Waals surface area contributed by atoms with Crippen molar-refractivity contribution in [3.8, 4) is 0 Å². The molecule has 0 unspecified atom stereocenters. The van der Waals surface area contributed by atoms with Crippen LogP contribution in [0, 0.1) is 5.41 Å². The Morgan fingerprint density at radius 2 is 2.11 bits per heavy atom. The molecule has 1 fully saturated rings. The molecule has 0 aromatic carbocycles. The molecule has 1 aliphatic heterocycles. The number of amides is 1. The van der Waals surface area contributed by atoms with Crippen LogP contribution in [-0.2, 0) is 6.54 Å². The van der Waals surface area contributed by atoms with Crippen molar-refractivity contribution in [3.63, 3.8) is 0 Å². The van der Waals surface area contributed by atoms with Crippen molar-refractivity contribution in [2.75, 3.05) is 18.8 Å². The molecule has 1 saturated heterocycles. The van der Waals surface area contributed by atoms with Gasteiger partial charge < -0.3 is 10.6 Å². The molecule has 1 amide bonds. The van der Waals surface area contributed by atoms with Crippen molar-refractivity contribution in [2.24, 2.45) is 5.41 Å². The van der Waals surface area contributed by atoms with Crippen LogP contribution < -0.4 is 5.73 Å². The number of carbonyl (C=O) groups is 1. The summed E-state index contributed by atoms with van der Waals surface area (Å²) in [5, 5.41) is 4.15. The minimum absolute atomic E-state index is 0.0284. The Kier molecular flexibility index (Phi) is 3.83. The third-order valence-corrected chi connectivity index (χ3v) is 4.60. The van der Waals surface area contributed by atoms with Crippen molar-refractivity contribution < 1.29 is 4.79 Å². The van der Waals surface area contributed by atoms with Gasteiger partial charge in [-0.3, -0.25) is 9.48 Å². The van der Waals surface area contributed by atoms with Gasteiger partial charge in [-0.2, -0.15) is 5.10 Å². The van der Waals surface area contributed by atoms with E-state index >= 15 is 0 Å². The van der Waals surface area contributed by atoms with E-state index in [0.717, 1.165) is 32.4 Å². The second-order valence-corrected chi connectivity index (χ2v) is 5.45. The number of likely N-dealkylation sites (tertiary alicyclic amines) is 1. The molecular weight excluding hydrogens is 240 g/mol. The second-order valence-electron chi connectivity index (χ2n) is 5.45. The van der Waals surface area contributed by atoms with Crippen LogP contribution in [0.4, 0.5) is 5.69 Å². The lowest BCUT2D eigenvalue weighted by atomic mass is 9.82. The maximum Gasteiger partial charge on any atom is 0.274 e. The second kappa shape index (κ2) is 5.23. The Morgan fingerprint density at radius 1 is 1.42 bits per heavy atom. The normalized spacial score (nSPS) is 17.9. The topological polar surface area (TPSA) is 64.2 Å². The molecule has 1 aliphatic rings.